The van der Waals surface area contributed by atoms with Gasteiger partial charge < -0.3 is 10.1 Å². The van der Waals surface area contributed by atoms with Crippen LogP contribution >= 0.6 is 0 Å². The Labute approximate surface area is 113 Å². The average Bonchev–Trinajstić information content (AvgIpc) is 2.73. The second-order valence-electron chi connectivity index (χ2n) is 4.76. The zero-order valence-corrected chi connectivity index (χ0v) is 11.6. The monoisotopic (exact) mass is 270 g/mol. The molecule has 0 aromatic heterocycles. The first-order valence-electron chi connectivity index (χ1n) is 6.68. The molecule has 0 saturated carbocycles. The van der Waals surface area contributed by atoms with Crippen LogP contribution < -0.4 is 5.32 Å². The van der Waals surface area contributed by atoms with E-state index in [2.05, 4.69) is 5.32 Å². The number of nitrogens with one attached hydrogen (secondary N) is 1. The largest absolute Gasteiger partial charge is 0.466 e. The zero-order valence-electron chi connectivity index (χ0n) is 11.6. The number of nitrogens with zero attached hydrogens (tertiary/aromatic N) is 1. The third-order valence-corrected chi connectivity index (χ3v) is 2.99. The number of ether oxygens (including phenoxy) is 1. The van der Waals surface area contributed by atoms with E-state index in [1.54, 1.807) is 6.92 Å². The van der Waals surface area contributed by atoms with Gasteiger partial charge in [-0.2, -0.15) is 0 Å². The third kappa shape index (κ3) is 6.33. The molecular weight excluding hydrogens is 248 g/mol. The van der Waals surface area contributed by atoms with Crippen LogP contribution in [0.1, 0.15) is 33.1 Å². The van der Waals surface area contributed by atoms with E-state index in [1.807, 2.05) is 4.90 Å². The molecule has 1 unspecified atom stereocenters. The Balaban J connectivity index is 2.19. The Bertz CT molecular complexity index is 344. The molecule has 0 aromatic rings. The van der Waals surface area contributed by atoms with Crippen LogP contribution in [0.15, 0.2) is 0 Å². The van der Waals surface area contributed by atoms with Gasteiger partial charge in [0.1, 0.15) is 5.78 Å². The van der Waals surface area contributed by atoms with E-state index in [0.29, 0.717) is 19.7 Å². The van der Waals surface area contributed by atoms with E-state index in [0.717, 1.165) is 13.0 Å². The van der Waals surface area contributed by atoms with Crippen molar-refractivity contribution < 1.29 is 19.1 Å². The van der Waals surface area contributed by atoms with Gasteiger partial charge in [-0.05, 0) is 13.3 Å². The molecule has 19 heavy (non-hydrogen) atoms. The highest BCUT2D eigenvalue weighted by Gasteiger charge is 2.24. The number of rotatable bonds is 7. The Morgan fingerprint density at radius 2 is 2.05 bits per heavy atom. The molecule has 0 aromatic carbocycles. The van der Waals surface area contributed by atoms with Crippen molar-refractivity contribution in [2.45, 2.75) is 39.2 Å². The summed E-state index contributed by atoms with van der Waals surface area (Å²) in [5.41, 5.74) is 0. The second kappa shape index (κ2) is 7.89. The number of hydrogen-bond acceptors (Lipinski definition) is 5. The lowest BCUT2D eigenvalue weighted by Gasteiger charge is -2.15. The van der Waals surface area contributed by atoms with E-state index in [-0.39, 0.29) is 36.5 Å². The smallest absolute Gasteiger partial charge is 0.306 e. The molecular formula is C13H22N2O4. The first kappa shape index (κ1) is 15.6. The SMILES string of the molecule is CCOC(=O)CCC(=O)CN1CCC(NC(C)=O)C1. The fraction of sp³-hybridized carbons (Fsp3) is 0.769. The van der Waals surface area contributed by atoms with Gasteiger partial charge in [0.15, 0.2) is 0 Å². The van der Waals surface area contributed by atoms with E-state index < -0.39 is 0 Å². The maximum atomic E-state index is 11.7. The van der Waals surface area contributed by atoms with Gasteiger partial charge >= 0.3 is 5.97 Å². The Morgan fingerprint density at radius 3 is 2.68 bits per heavy atom. The summed E-state index contributed by atoms with van der Waals surface area (Å²) in [7, 11) is 0. The summed E-state index contributed by atoms with van der Waals surface area (Å²) in [6.45, 7) is 5.42. The highest BCUT2D eigenvalue weighted by molar-refractivity contribution is 5.84. The van der Waals surface area contributed by atoms with Gasteiger partial charge in [0, 0.05) is 32.5 Å². The van der Waals surface area contributed by atoms with Crippen LogP contribution in [0, 0.1) is 0 Å². The number of carbonyl (C=O) groups is 3. The lowest BCUT2D eigenvalue weighted by molar-refractivity contribution is -0.144. The predicted molar refractivity (Wildman–Crippen MR) is 69.5 cm³/mol. The van der Waals surface area contributed by atoms with E-state index >= 15 is 0 Å². The highest BCUT2D eigenvalue weighted by Crippen LogP contribution is 2.09. The summed E-state index contributed by atoms with van der Waals surface area (Å²) in [6, 6.07) is 0.135. The Kier molecular flexibility index (Phi) is 6.49. The molecule has 1 heterocycles. The van der Waals surface area contributed by atoms with Crippen molar-refractivity contribution in [3.63, 3.8) is 0 Å². The fourth-order valence-electron chi connectivity index (χ4n) is 2.18. The molecule has 1 rings (SSSR count). The number of Topliss-reactive ketones (excluding diaryl/α,β-unsaturated/α-hetero) is 1. The van der Waals surface area contributed by atoms with Gasteiger partial charge in [-0.15, -0.1) is 0 Å². The summed E-state index contributed by atoms with van der Waals surface area (Å²) in [5, 5.41) is 2.85. The molecule has 6 heteroatoms. The normalized spacial score (nSPS) is 19.2. The highest BCUT2D eigenvalue weighted by atomic mass is 16.5. The van der Waals surface area contributed by atoms with Crippen molar-refractivity contribution in [3.8, 4) is 0 Å². The number of hydrogen-bond donors (Lipinski definition) is 1. The molecule has 1 fully saturated rings. The quantitative estimate of drug-likeness (QED) is 0.664. The molecule has 0 spiro atoms. The van der Waals surface area contributed by atoms with Crippen molar-refractivity contribution in [3.05, 3.63) is 0 Å². The van der Waals surface area contributed by atoms with Crippen LogP contribution in [-0.4, -0.2) is 54.8 Å². The number of likely N-dealkylation sites (tertiary alicyclic amines) is 1. The maximum absolute atomic E-state index is 11.7. The first-order chi connectivity index (χ1) is 9.01. The van der Waals surface area contributed by atoms with Gasteiger partial charge in [0.25, 0.3) is 0 Å². The number of carbonyl (C=O) groups excluding carboxylic acids is 3. The second-order valence-corrected chi connectivity index (χ2v) is 4.76. The van der Waals surface area contributed by atoms with Crippen molar-refractivity contribution in [1.29, 1.82) is 0 Å². The Morgan fingerprint density at radius 1 is 1.32 bits per heavy atom. The molecule has 1 amide bonds. The van der Waals surface area contributed by atoms with E-state index in [1.165, 1.54) is 6.92 Å². The minimum Gasteiger partial charge on any atom is -0.466 e. The molecule has 1 aliphatic rings. The van der Waals surface area contributed by atoms with E-state index in [4.69, 9.17) is 4.74 Å². The van der Waals surface area contributed by atoms with Gasteiger partial charge in [-0.3, -0.25) is 19.3 Å². The van der Waals surface area contributed by atoms with Gasteiger partial charge in [-0.25, -0.2) is 0 Å². The molecule has 0 aliphatic carbocycles. The van der Waals surface area contributed by atoms with Crippen molar-refractivity contribution >= 4 is 17.7 Å². The standard InChI is InChI=1S/C13H22N2O4/c1-3-19-13(18)5-4-12(17)9-15-7-6-11(8-15)14-10(2)16/h11H,3-9H2,1-2H3,(H,14,16). The maximum Gasteiger partial charge on any atom is 0.306 e. The van der Waals surface area contributed by atoms with Gasteiger partial charge in [0.05, 0.1) is 19.6 Å². The molecule has 1 aliphatic heterocycles. The van der Waals surface area contributed by atoms with Crippen molar-refractivity contribution in [1.82, 2.24) is 10.2 Å². The lowest BCUT2D eigenvalue weighted by atomic mass is 10.2. The van der Waals surface area contributed by atoms with Crippen LogP contribution in [0.2, 0.25) is 0 Å². The summed E-state index contributed by atoms with van der Waals surface area (Å²) in [4.78, 5) is 35.8. The molecule has 1 N–H and O–H groups in total. The lowest BCUT2D eigenvalue weighted by Crippen LogP contribution is -2.36. The number of ketones is 1. The topological polar surface area (TPSA) is 75.7 Å². The molecule has 1 saturated heterocycles. The first-order valence-corrected chi connectivity index (χ1v) is 6.68. The van der Waals surface area contributed by atoms with Crippen LogP contribution in [0.5, 0.6) is 0 Å². The van der Waals surface area contributed by atoms with Crippen molar-refractivity contribution in [2.75, 3.05) is 26.2 Å². The Hall–Kier alpha value is -1.43. The van der Waals surface area contributed by atoms with E-state index in [9.17, 15) is 14.4 Å². The third-order valence-electron chi connectivity index (χ3n) is 2.99. The molecule has 6 nitrogen and oxygen atoms in total. The zero-order chi connectivity index (χ0) is 14.3. The summed E-state index contributed by atoms with van der Waals surface area (Å²) < 4.78 is 4.77. The van der Waals surface area contributed by atoms with Crippen LogP contribution in [0.3, 0.4) is 0 Å². The van der Waals surface area contributed by atoms with Gasteiger partial charge in [0.2, 0.25) is 5.91 Å². The summed E-state index contributed by atoms with van der Waals surface area (Å²) in [5.74, 6) is -0.328. The number of amides is 1. The molecule has 108 valence electrons. The van der Waals surface area contributed by atoms with Crippen LogP contribution in [0.25, 0.3) is 0 Å². The predicted octanol–water partition coefficient (Wildman–Crippen LogP) is 0.109. The minimum atomic E-state index is -0.326. The van der Waals surface area contributed by atoms with Crippen LogP contribution in [0.4, 0.5) is 0 Å². The van der Waals surface area contributed by atoms with Crippen LogP contribution in [-0.2, 0) is 19.1 Å². The molecule has 1 atom stereocenters. The van der Waals surface area contributed by atoms with Gasteiger partial charge in [-0.1, -0.05) is 0 Å². The molecule has 0 bridgehead atoms. The number of esters is 1. The minimum absolute atomic E-state index is 0.0385. The summed E-state index contributed by atoms with van der Waals surface area (Å²) in [6.07, 6.45) is 1.24. The fourth-order valence-corrected chi connectivity index (χ4v) is 2.18. The summed E-state index contributed by atoms with van der Waals surface area (Å²) >= 11 is 0. The van der Waals surface area contributed by atoms with Crippen molar-refractivity contribution in [2.24, 2.45) is 0 Å². The molecule has 0 radical (unpaired) electrons. The average molecular weight is 270 g/mol.